The van der Waals surface area contributed by atoms with E-state index in [-0.39, 0.29) is 11.8 Å². The molecule has 18 heavy (non-hydrogen) atoms. The van der Waals surface area contributed by atoms with Gasteiger partial charge in [-0.15, -0.1) is 0 Å². The van der Waals surface area contributed by atoms with Gasteiger partial charge in [0.2, 0.25) is 5.91 Å². The molecule has 1 saturated heterocycles. The summed E-state index contributed by atoms with van der Waals surface area (Å²) in [5.41, 5.74) is 0.604. The van der Waals surface area contributed by atoms with Crippen molar-refractivity contribution in [2.45, 2.75) is 26.2 Å². The molecule has 1 aliphatic heterocycles. The first-order chi connectivity index (χ1) is 8.61. The fourth-order valence-electron chi connectivity index (χ4n) is 2.36. The summed E-state index contributed by atoms with van der Waals surface area (Å²) >= 11 is 2.17. The van der Waals surface area contributed by atoms with Crippen molar-refractivity contribution in [1.29, 1.82) is 0 Å². The van der Waals surface area contributed by atoms with Gasteiger partial charge in [0, 0.05) is 22.1 Å². The van der Waals surface area contributed by atoms with E-state index in [2.05, 4.69) is 29.5 Å². The SMILES string of the molecule is CCCC1CC(=O)N(C(=O)c2cccc(I)c2)C1. The van der Waals surface area contributed by atoms with Gasteiger partial charge in [-0.1, -0.05) is 19.4 Å². The fraction of sp³-hybridized carbons (Fsp3) is 0.429. The molecular formula is C14H16INO2. The largest absolute Gasteiger partial charge is 0.278 e. The molecule has 3 nitrogen and oxygen atoms in total. The van der Waals surface area contributed by atoms with Crippen LogP contribution in [0.3, 0.4) is 0 Å². The quantitative estimate of drug-likeness (QED) is 0.616. The molecule has 0 N–H and O–H groups in total. The summed E-state index contributed by atoms with van der Waals surface area (Å²) in [6.45, 7) is 2.69. The van der Waals surface area contributed by atoms with E-state index in [1.54, 1.807) is 6.07 Å². The molecule has 2 amide bonds. The zero-order valence-electron chi connectivity index (χ0n) is 10.4. The molecular weight excluding hydrogens is 341 g/mol. The minimum Gasteiger partial charge on any atom is -0.278 e. The smallest absolute Gasteiger partial charge is 0.260 e. The Morgan fingerprint density at radius 3 is 2.94 bits per heavy atom. The zero-order chi connectivity index (χ0) is 13.1. The second-order valence-corrected chi connectivity index (χ2v) is 5.92. The first kappa shape index (κ1) is 13.5. The molecule has 0 saturated carbocycles. The average Bonchev–Trinajstić information content (AvgIpc) is 2.70. The van der Waals surface area contributed by atoms with Gasteiger partial charge in [-0.25, -0.2) is 0 Å². The molecule has 1 aliphatic rings. The lowest BCUT2D eigenvalue weighted by Gasteiger charge is -2.14. The molecule has 1 unspecified atom stereocenters. The average molecular weight is 357 g/mol. The number of rotatable bonds is 3. The van der Waals surface area contributed by atoms with Gasteiger partial charge < -0.3 is 0 Å². The number of likely N-dealkylation sites (tertiary alicyclic amines) is 1. The number of amides is 2. The van der Waals surface area contributed by atoms with Crippen LogP contribution in [-0.4, -0.2) is 23.3 Å². The number of carbonyl (C=O) groups is 2. The Bertz CT molecular complexity index is 473. The summed E-state index contributed by atoms with van der Waals surface area (Å²) < 4.78 is 1.01. The van der Waals surface area contributed by atoms with E-state index < -0.39 is 0 Å². The third-order valence-electron chi connectivity index (χ3n) is 3.22. The molecule has 4 heteroatoms. The first-order valence-electron chi connectivity index (χ1n) is 6.22. The molecule has 0 spiro atoms. The van der Waals surface area contributed by atoms with Crippen molar-refractivity contribution in [3.8, 4) is 0 Å². The normalized spacial score (nSPS) is 19.3. The number of carbonyl (C=O) groups excluding carboxylic acids is 2. The van der Waals surface area contributed by atoms with Crippen LogP contribution < -0.4 is 0 Å². The van der Waals surface area contributed by atoms with Crippen molar-refractivity contribution in [3.05, 3.63) is 33.4 Å². The number of hydrogen-bond acceptors (Lipinski definition) is 2. The zero-order valence-corrected chi connectivity index (χ0v) is 12.5. The van der Waals surface area contributed by atoms with E-state index in [1.165, 1.54) is 4.90 Å². The number of hydrogen-bond donors (Lipinski definition) is 0. The minimum absolute atomic E-state index is 0.0303. The highest BCUT2D eigenvalue weighted by molar-refractivity contribution is 14.1. The van der Waals surface area contributed by atoms with Crippen LogP contribution in [0.5, 0.6) is 0 Å². The van der Waals surface area contributed by atoms with Crippen LogP contribution in [0.2, 0.25) is 0 Å². The van der Waals surface area contributed by atoms with Crippen LogP contribution >= 0.6 is 22.6 Å². The van der Waals surface area contributed by atoms with Crippen LogP contribution in [0.4, 0.5) is 0 Å². The summed E-state index contributed by atoms with van der Waals surface area (Å²) in [5.74, 6) is 0.156. The second kappa shape index (κ2) is 5.82. The Labute approximate surface area is 121 Å². The highest BCUT2D eigenvalue weighted by atomic mass is 127. The molecule has 0 aliphatic carbocycles. The van der Waals surface area contributed by atoms with Crippen LogP contribution in [0, 0.1) is 9.49 Å². The third-order valence-corrected chi connectivity index (χ3v) is 3.89. The Balaban J connectivity index is 2.12. The summed E-state index contributed by atoms with van der Waals surface area (Å²) in [6.07, 6.45) is 2.59. The summed E-state index contributed by atoms with van der Waals surface area (Å²) in [7, 11) is 0. The lowest BCUT2D eigenvalue weighted by molar-refractivity contribution is -0.125. The van der Waals surface area contributed by atoms with E-state index in [9.17, 15) is 9.59 Å². The lowest BCUT2D eigenvalue weighted by atomic mass is 10.0. The molecule has 1 atom stereocenters. The Morgan fingerprint density at radius 1 is 1.50 bits per heavy atom. The molecule has 0 aromatic heterocycles. The lowest BCUT2D eigenvalue weighted by Crippen LogP contribution is -2.32. The van der Waals surface area contributed by atoms with Gasteiger partial charge >= 0.3 is 0 Å². The van der Waals surface area contributed by atoms with Gasteiger partial charge in [-0.3, -0.25) is 14.5 Å². The first-order valence-corrected chi connectivity index (χ1v) is 7.30. The Hall–Kier alpha value is -0.910. The molecule has 0 radical (unpaired) electrons. The van der Waals surface area contributed by atoms with Crippen molar-refractivity contribution in [1.82, 2.24) is 4.90 Å². The van der Waals surface area contributed by atoms with Crippen molar-refractivity contribution < 1.29 is 9.59 Å². The van der Waals surface area contributed by atoms with E-state index >= 15 is 0 Å². The van der Waals surface area contributed by atoms with Crippen LogP contribution in [0.1, 0.15) is 36.5 Å². The van der Waals surface area contributed by atoms with Gasteiger partial charge in [0.1, 0.15) is 0 Å². The number of nitrogens with zero attached hydrogens (tertiary/aromatic N) is 1. The van der Waals surface area contributed by atoms with Crippen LogP contribution in [0.15, 0.2) is 24.3 Å². The van der Waals surface area contributed by atoms with E-state index in [1.807, 2.05) is 18.2 Å². The van der Waals surface area contributed by atoms with E-state index in [0.717, 1.165) is 16.4 Å². The summed E-state index contributed by atoms with van der Waals surface area (Å²) in [6, 6.07) is 7.37. The maximum Gasteiger partial charge on any atom is 0.260 e. The summed E-state index contributed by atoms with van der Waals surface area (Å²) in [4.78, 5) is 25.5. The Kier molecular flexibility index (Phi) is 4.37. The molecule has 0 bridgehead atoms. The maximum absolute atomic E-state index is 12.3. The number of halogens is 1. The predicted octanol–water partition coefficient (Wildman–Crippen LogP) is 3.08. The highest BCUT2D eigenvalue weighted by Gasteiger charge is 2.33. The fourth-order valence-corrected chi connectivity index (χ4v) is 2.90. The van der Waals surface area contributed by atoms with Gasteiger partial charge in [-0.05, 0) is 53.1 Å². The molecule has 1 aromatic rings. The number of imide groups is 1. The summed E-state index contributed by atoms with van der Waals surface area (Å²) in [5, 5.41) is 0. The van der Waals surface area contributed by atoms with E-state index in [4.69, 9.17) is 0 Å². The van der Waals surface area contributed by atoms with Crippen LogP contribution in [-0.2, 0) is 4.79 Å². The van der Waals surface area contributed by atoms with Gasteiger partial charge in [0.05, 0.1) is 0 Å². The molecule has 1 heterocycles. The molecule has 1 fully saturated rings. The topological polar surface area (TPSA) is 37.4 Å². The van der Waals surface area contributed by atoms with Gasteiger partial charge in [-0.2, -0.15) is 0 Å². The highest BCUT2D eigenvalue weighted by Crippen LogP contribution is 2.24. The van der Waals surface area contributed by atoms with Crippen molar-refractivity contribution in [2.24, 2.45) is 5.92 Å². The maximum atomic E-state index is 12.3. The molecule has 2 rings (SSSR count). The van der Waals surface area contributed by atoms with Crippen molar-refractivity contribution >= 4 is 34.4 Å². The van der Waals surface area contributed by atoms with Gasteiger partial charge in [0.25, 0.3) is 5.91 Å². The van der Waals surface area contributed by atoms with Gasteiger partial charge in [0.15, 0.2) is 0 Å². The van der Waals surface area contributed by atoms with Crippen LogP contribution in [0.25, 0.3) is 0 Å². The standard InChI is InChI=1S/C14H16INO2/c1-2-4-10-7-13(17)16(9-10)14(18)11-5-3-6-12(15)8-11/h3,5-6,8,10H,2,4,7,9H2,1H3. The van der Waals surface area contributed by atoms with Crippen molar-refractivity contribution in [2.75, 3.05) is 6.54 Å². The van der Waals surface area contributed by atoms with Crippen molar-refractivity contribution in [3.63, 3.8) is 0 Å². The van der Waals surface area contributed by atoms with E-state index in [0.29, 0.717) is 24.4 Å². The molecule has 1 aromatic carbocycles. The second-order valence-electron chi connectivity index (χ2n) is 4.68. The minimum atomic E-state index is -0.155. The predicted molar refractivity (Wildman–Crippen MR) is 78.2 cm³/mol. The molecule has 96 valence electrons. The Morgan fingerprint density at radius 2 is 2.28 bits per heavy atom. The number of benzene rings is 1. The third kappa shape index (κ3) is 2.91. The monoisotopic (exact) mass is 357 g/mol.